The van der Waals surface area contributed by atoms with E-state index in [4.69, 9.17) is 9.26 Å². The summed E-state index contributed by atoms with van der Waals surface area (Å²) in [5.74, 6) is 1.76. The molecule has 0 aromatic carbocycles. The zero-order chi connectivity index (χ0) is 19.4. The van der Waals surface area contributed by atoms with Crippen LogP contribution in [0, 0.1) is 20.8 Å². The molecule has 0 atom stereocenters. The zero-order valence-electron chi connectivity index (χ0n) is 15.6. The number of hydrogen-bond acceptors (Lipinski definition) is 9. The van der Waals surface area contributed by atoms with Crippen molar-refractivity contribution in [2.75, 3.05) is 31.3 Å². The number of thioether (sulfide) groups is 1. The van der Waals surface area contributed by atoms with Gasteiger partial charge < -0.3 is 14.6 Å². The fraction of sp³-hybridized carbons (Fsp3) is 0.412. The van der Waals surface area contributed by atoms with Crippen LogP contribution >= 0.6 is 23.1 Å². The van der Waals surface area contributed by atoms with Crippen LogP contribution in [0.5, 0.6) is 0 Å². The molecular weight excluding hydrogens is 386 g/mol. The number of Topliss-reactive ketones (excluding diaryl/α,β-unsaturated/α-hetero) is 1. The standard InChI is InChI=1S/C17H21N5O3S2/c1-10-7-13(12(3)22(10)15-8-11(2)25-21-15)14(23)9-26-17-20-19-16(27-17)18-5-6-24-4/h7-8H,5-6,9H2,1-4H3,(H,18,19). The molecule has 10 heteroatoms. The monoisotopic (exact) mass is 407 g/mol. The molecule has 8 nitrogen and oxygen atoms in total. The minimum absolute atomic E-state index is 0.0451. The van der Waals surface area contributed by atoms with E-state index in [2.05, 4.69) is 20.7 Å². The Bertz CT molecular complexity index is 931. The molecule has 3 rings (SSSR count). The van der Waals surface area contributed by atoms with Crippen molar-refractivity contribution in [1.29, 1.82) is 0 Å². The summed E-state index contributed by atoms with van der Waals surface area (Å²) in [5.41, 5.74) is 2.48. The summed E-state index contributed by atoms with van der Waals surface area (Å²) in [7, 11) is 1.65. The Morgan fingerprint density at radius 3 is 2.85 bits per heavy atom. The number of nitrogens with one attached hydrogen (secondary N) is 1. The molecule has 1 N–H and O–H groups in total. The van der Waals surface area contributed by atoms with Gasteiger partial charge in [-0.3, -0.25) is 9.36 Å². The molecule has 3 heterocycles. The van der Waals surface area contributed by atoms with E-state index < -0.39 is 0 Å². The highest BCUT2D eigenvalue weighted by Gasteiger charge is 2.19. The normalized spacial score (nSPS) is 11.1. The Labute approximate surface area is 165 Å². The van der Waals surface area contributed by atoms with Crippen molar-refractivity contribution in [2.45, 2.75) is 25.1 Å². The van der Waals surface area contributed by atoms with E-state index in [0.717, 1.165) is 26.6 Å². The Balaban J connectivity index is 1.65. The van der Waals surface area contributed by atoms with Crippen molar-refractivity contribution < 1.29 is 14.1 Å². The predicted octanol–water partition coefficient (Wildman–Crippen LogP) is 3.28. The fourth-order valence-corrected chi connectivity index (χ4v) is 4.32. The number of rotatable bonds is 9. The number of hydrogen-bond donors (Lipinski definition) is 1. The third-order valence-electron chi connectivity index (χ3n) is 3.89. The van der Waals surface area contributed by atoms with Crippen LogP contribution < -0.4 is 5.32 Å². The zero-order valence-corrected chi connectivity index (χ0v) is 17.2. The summed E-state index contributed by atoms with van der Waals surface area (Å²) in [6.45, 7) is 6.97. The van der Waals surface area contributed by atoms with Gasteiger partial charge in [0, 0.05) is 36.7 Å². The summed E-state index contributed by atoms with van der Waals surface area (Å²) in [6.07, 6.45) is 0. The average Bonchev–Trinajstić information content (AvgIpc) is 3.33. The van der Waals surface area contributed by atoms with Crippen LogP contribution in [0.25, 0.3) is 5.82 Å². The van der Waals surface area contributed by atoms with Gasteiger partial charge in [-0.25, -0.2) is 0 Å². The Morgan fingerprint density at radius 2 is 2.15 bits per heavy atom. The van der Waals surface area contributed by atoms with E-state index in [1.807, 2.05) is 37.5 Å². The van der Waals surface area contributed by atoms with Gasteiger partial charge in [0.05, 0.1) is 12.4 Å². The number of carbonyl (C=O) groups is 1. The van der Waals surface area contributed by atoms with Crippen LogP contribution in [0.15, 0.2) is 21.0 Å². The quantitative estimate of drug-likeness (QED) is 0.328. The highest BCUT2D eigenvalue weighted by Crippen LogP contribution is 2.27. The van der Waals surface area contributed by atoms with Gasteiger partial charge in [0.2, 0.25) is 5.13 Å². The maximum Gasteiger partial charge on any atom is 0.206 e. The SMILES string of the molecule is COCCNc1nnc(SCC(=O)c2cc(C)n(-c3cc(C)on3)c2C)s1. The molecule has 0 saturated carbocycles. The third-order valence-corrected chi connectivity index (χ3v) is 5.91. The van der Waals surface area contributed by atoms with Crippen LogP contribution in [0.3, 0.4) is 0 Å². The minimum Gasteiger partial charge on any atom is -0.383 e. The lowest BCUT2D eigenvalue weighted by atomic mass is 10.2. The molecule has 0 amide bonds. The van der Waals surface area contributed by atoms with E-state index in [1.54, 1.807) is 7.11 Å². The van der Waals surface area contributed by atoms with Gasteiger partial charge in [0.1, 0.15) is 5.76 Å². The average molecular weight is 408 g/mol. The second kappa shape index (κ2) is 8.68. The van der Waals surface area contributed by atoms with Crippen LogP contribution in [0.2, 0.25) is 0 Å². The van der Waals surface area contributed by atoms with Gasteiger partial charge in [0.25, 0.3) is 0 Å². The second-order valence-electron chi connectivity index (χ2n) is 5.92. The molecule has 0 spiro atoms. The number of aromatic nitrogens is 4. The third kappa shape index (κ3) is 4.57. The van der Waals surface area contributed by atoms with Crippen LogP contribution in [-0.4, -0.2) is 51.7 Å². The summed E-state index contributed by atoms with van der Waals surface area (Å²) in [5, 5.41) is 16.1. The molecular formula is C17H21N5O3S2. The second-order valence-corrected chi connectivity index (χ2v) is 8.12. The molecule has 0 aliphatic heterocycles. The molecule has 0 unspecified atom stereocenters. The van der Waals surface area contributed by atoms with Gasteiger partial charge in [-0.2, -0.15) is 0 Å². The lowest BCUT2D eigenvalue weighted by molar-refractivity contribution is 0.102. The van der Waals surface area contributed by atoms with E-state index in [-0.39, 0.29) is 5.78 Å². The smallest absolute Gasteiger partial charge is 0.206 e. The molecule has 3 aromatic rings. The van der Waals surface area contributed by atoms with Crippen LogP contribution in [0.4, 0.5) is 5.13 Å². The number of anilines is 1. The van der Waals surface area contributed by atoms with Crippen LogP contribution in [-0.2, 0) is 4.74 Å². The van der Waals surface area contributed by atoms with Crippen molar-refractivity contribution in [3.63, 3.8) is 0 Å². The molecule has 0 fully saturated rings. The van der Waals surface area contributed by atoms with E-state index in [0.29, 0.717) is 30.3 Å². The van der Waals surface area contributed by atoms with Crippen molar-refractivity contribution in [2.24, 2.45) is 0 Å². The first-order chi connectivity index (χ1) is 13.0. The summed E-state index contributed by atoms with van der Waals surface area (Å²) in [4.78, 5) is 12.7. The van der Waals surface area contributed by atoms with Gasteiger partial charge >= 0.3 is 0 Å². The molecule has 3 aromatic heterocycles. The molecule has 0 aliphatic rings. The van der Waals surface area contributed by atoms with Crippen molar-refractivity contribution >= 4 is 34.0 Å². The van der Waals surface area contributed by atoms with E-state index in [1.165, 1.54) is 23.1 Å². The number of nitrogens with zero attached hydrogens (tertiary/aromatic N) is 4. The van der Waals surface area contributed by atoms with Crippen molar-refractivity contribution in [1.82, 2.24) is 19.9 Å². The first-order valence-corrected chi connectivity index (χ1v) is 10.1. The van der Waals surface area contributed by atoms with Crippen molar-refractivity contribution in [3.05, 3.63) is 34.8 Å². The Kier molecular flexibility index (Phi) is 6.30. The number of carbonyl (C=O) groups excluding carboxylic acids is 1. The Hall–Kier alpha value is -2.17. The molecule has 0 aliphatic carbocycles. The van der Waals surface area contributed by atoms with Gasteiger partial charge in [0.15, 0.2) is 15.9 Å². The molecule has 0 radical (unpaired) electrons. The largest absolute Gasteiger partial charge is 0.383 e. The highest BCUT2D eigenvalue weighted by molar-refractivity contribution is 8.01. The highest BCUT2D eigenvalue weighted by atomic mass is 32.2. The first-order valence-electron chi connectivity index (χ1n) is 8.34. The number of methoxy groups -OCH3 is 1. The minimum atomic E-state index is 0.0451. The lowest BCUT2D eigenvalue weighted by Crippen LogP contribution is -2.06. The van der Waals surface area contributed by atoms with Crippen molar-refractivity contribution in [3.8, 4) is 5.82 Å². The summed E-state index contributed by atoms with van der Waals surface area (Å²) in [6, 6.07) is 3.74. The number of ether oxygens (including phenoxy) is 1. The maximum atomic E-state index is 12.7. The predicted molar refractivity (Wildman–Crippen MR) is 105 cm³/mol. The molecule has 0 bridgehead atoms. The maximum absolute atomic E-state index is 12.7. The number of aryl methyl sites for hydroxylation is 2. The van der Waals surface area contributed by atoms with Crippen LogP contribution in [0.1, 0.15) is 27.5 Å². The number of ketones is 1. The van der Waals surface area contributed by atoms with E-state index >= 15 is 0 Å². The summed E-state index contributed by atoms with van der Waals surface area (Å²) >= 11 is 2.81. The topological polar surface area (TPSA) is 95.1 Å². The molecule has 144 valence electrons. The molecule has 0 saturated heterocycles. The van der Waals surface area contributed by atoms with E-state index in [9.17, 15) is 4.79 Å². The van der Waals surface area contributed by atoms with Gasteiger partial charge in [-0.05, 0) is 26.8 Å². The molecule has 27 heavy (non-hydrogen) atoms. The summed E-state index contributed by atoms with van der Waals surface area (Å²) < 4.78 is 12.8. The first kappa shape index (κ1) is 19.6. The van der Waals surface area contributed by atoms with Gasteiger partial charge in [-0.1, -0.05) is 28.3 Å². The fourth-order valence-electron chi connectivity index (χ4n) is 2.66. The van der Waals surface area contributed by atoms with Gasteiger partial charge in [-0.15, -0.1) is 10.2 Å². The Morgan fingerprint density at radius 1 is 1.33 bits per heavy atom. The lowest BCUT2D eigenvalue weighted by Gasteiger charge is -2.04.